The van der Waals surface area contributed by atoms with Gasteiger partial charge in [-0.2, -0.15) is 13.2 Å². The molecule has 8 heteroatoms. The van der Waals surface area contributed by atoms with Crippen LogP contribution in [-0.4, -0.2) is 58.9 Å². The van der Waals surface area contributed by atoms with E-state index in [0.717, 1.165) is 0 Å². The molecule has 3 rings (SSSR count). The van der Waals surface area contributed by atoms with Crippen LogP contribution in [0.15, 0.2) is 12.1 Å². The number of aromatic amines is 1. The lowest BCUT2D eigenvalue weighted by Crippen LogP contribution is -2.47. The van der Waals surface area contributed by atoms with E-state index in [1.807, 2.05) is 11.9 Å². The van der Waals surface area contributed by atoms with Crippen LogP contribution in [0.25, 0.3) is 11.0 Å². The van der Waals surface area contributed by atoms with Crippen LogP contribution in [0.5, 0.6) is 0 Å². The van der Waals surface area contributed by atoms with Crippen LogP contribution < -0.4 is 0 Å². The fourth-order valence-corrected chi connectivity index (χ4v) is 2.84. The molecule has 0 saturated carbocycles. The first kappa shape index (κ1) is 15.8. The van der Waals surface area contributed by atoms with Crippen molar-refractivity contribution in [1.82, 2.24) is 19.8 Å². The highest BCUT2D eigenvalue weighted by atomic mass is 19.4. The summed E-state index contributed by atoms with van der Waals surface area (Å²) in [4.78, 5) is 22.8. The molecular formula is C15H17F3N4O. The van der Waals surface area contributed by atoms with Gasteiger partial charge in [-0.15, -0.1) is 0 Å². The van der Waals surface area contributed by atoms with Gasteiger partial charge in [0.05, 0.1) is 16.6 Å². The molecule has 2 aromatic rings. The van der Waals surface area contributed by atoms with E-state index >= 15 is 0 Å². The van der Waals surface area contributed by atoms with Gasteiger partial charge < -0.3 is 14.8 Å². The van der Waals surface area contributed by atoms with E-state index in [0.29, 0.717) is 32.0 Å². The van der Waals surface area contributed by atoms with Crippen molar-refractivity contribution in [3.05, 3.63) is 29.1 Å². The van der Waals surface area contributed by atoms with Gasteiger partial charge in [0.1, 0.15) is 11.3 Å². The number of nitrogens with zero attached hydrogens (tertiary/aromatic N) is 3. The summed E-state index contributed by atoms with van der Waals surface area (Å²) in [6, 6.07) is 2.72. The topological polar surface area (TPSA) is 52.2 Å². The number of rotatable bonds is 1. The van der Waals surface area contributed by atoms with E-state index in [-0.39, 0.29) is 16.6 Å². The van der Waals surface area contributed by atoms with E-state index in [1.165, 1.54) is 17.0 Å². The molecule has 0 radical (unpaired) electrons. The minimum Gasteiger partial charge on any atom is -0.342 e. The van der Waals surface area contributed by atoms with Crippen molar-refractivity contribution in [2.45, 2.75) is 13.1 Å². The Morgan fingerprint density at radius 1 is 1.22 bits per heavy atom. The summed E-state index contributed by atoms with van der Waals surface area (Å²) >= 11 is 0. The molecule has 1 saturated heterocycles. The third-order valence-corrected chi connectivity index (χ3v) is 4.08. The molecule has 1 amide bonds. The molecule has 1 aromatic heterocycles. The van der Waals surface area contributed by atoms with Crippen LogP contribution in [0.2, 0.25) is 0 Å². The van der Waals surface area contributed by atoms with Crippen LogP contribution in [0.4, 0.5) is 13.2 Å². The summed E-state index contributed by atoms with van der Waals surface area (Å²) in [5, 5.41) is 0. The molecule has 0 unspecified atom stereocenters. The van der Waals surface area contributed by atoms with E-state index in [9.17, 15) is 18.0 Å². The van der Waals surface area contributed by atoms with Gasteiger partial charge in [-0.05, 0) is 26.1 Å². The molecule has 1 aliphatic rings. The predicted octanol–water partition coefficient (Wildman–Crippen LogP) is 2.28. The number of amides is 1. The van der Waals surface area contributed by atoms with E-state index in [4.69, 9.17) is 0 Å². The summed E-state index contributed by atoms with van der Waals surface area (Å²) in [6.45, 7) is 3.73. The number of imidazole rings is 1. The molecule has 0 bridgehead atoms. The molecule has 0 aliphatic carbocycles. The number of nitrogens with one attached hydrogen (secondary N) is 1. The van der Waals surface area contributed by atoms with Gasteiger partial charge in [0.2, 0.25) is 0 Å². The van der Waals surface area contributed by atoms with Crippen LogP contribution in [0, 0.1) is 6.92 Å². The largest absolute Gasteiger partial charge is 0.419 e. The number of benzene rings is 1. The summed E-state index contributed by atoms with van der Waals surface area (Å²) < 4.78 is 40.6. The summed E-state index contributed by atoms with van der Waals surface area (Å²) in [5.74, 6) is -0.206. The van der Waals surface area contributed by atoms with Crippen molar-refractivity contribution in [2.24, 2.45) is 0 Å². The number of likely N-dealkylation sites (N-methyl/N-ethyl adjacent to an activating group) is 1. The summed E-state index contributed by atoms with van der Waals surface area (Å²) in [7, 11) is 1.92. The van der Waals surface area contributed by atoms with Crippen molar-refractivity contribution >= 4 is 16.9 Å². The third kappa shape index (κ3) is 2.90. The SMILES string of the molecule is Cc1nc2c(C(F)(F)F)c(C(=O)N3CCN(C)CC3)ccc2[nH]1. The van der Waals surface area contributed by atoms with Gasteiger partial charge in [-0.1, -0.05) is 0 Å². The number of carbonyl (C=O) groups is 1. The molecule has 0 spiro atoms. The Kier molecular flexibility index (Phi) is 3.79. The van der Waals surface area contributed by atoms with E-state index in [1.54, 1.807) is 6.92 Å². The zero-order chi connectivity index (χ0) is 16.8. The molecule has 124 valence electrons. The lowest BCUT2D eigenvalue weighted by Gasteiger charge is -2.33. The smallest absolute Gasteiger partial charge is 0.342 e. The van der Waals surface area contributed by atoms with Gasteiger partial charge in [-0.3, -0.25) is 4.79 Å². The summed E-state index contributed by atoms with van der Waals surface area (Å²) in [6.07, 6.45) is -4.64. The van der Waals surface area contributed by atoms with Crippen LogP contribution >= 0.6 is 0 Å². The van der Waals surface area contributed by atoms with Crippen LogP contribution in [-0.2, 0) is 6.18 Å². The molecule has 1 aliphatic heterocycles. The zero-order valence-electron chi connectivity index (χ0n) is 12.9. The lowest BCUT2D eigenvalue weighted by atomic mass is 10.0. The van der Waals surface area contributed by atoms with Crippen LogP contribution in [0.3, 0.4) is 0 Å². The molecule has 1 N–H and O–H groups in total. The Bertz CT molecular complexity index is 745. The number of H-pyrrole nitrogens is 1. The van der Waals surface area contributed by atoms with Crippen LogP contribution in [0.1, 0.15) is 21.7 Å². The average molecular weight is 326 g/mol. The van der Waals surface area contributed by atoms with E-state index < -0.39 is 17.6 Å². The third-order valence-electron chi connectivity index (χ3n) is 4.08. The molecule has 5 nitrogen and oxygen atoms in total. The molecular weight excluding hydrogens is 309 g/mol. The van der Waals surface area contributed by atoms with Gasteiger partial charge in [0.25, 0.3) is 5.91 Å². The highest BCUT2D eigenvalue weighted by Crippen LogP contribution is 2.37. The maximum absolute atomic E-state index is 13.5. The number of halogens is 3. The second kappa shape index (κ2) is 5.52. The van der Waals surface area contributed by atoms with Gasteiger partial charge in [0, 0.05) is 26.2 Å². The van der Waals surface area contributed by atoms with Crippen molar-refractivity contribution in [2.75, 3.05) is 33.2 Å². The standard InChI is InChI=1S/C15H17F3N4O/c1-9-19-11-4-3-10(12(13(11)20-9)15(16,17)18)14(23)22-7-5-21(2)6-8-22/h3-4H,5-8H2,1-2H3,(H,19,20). The second-order valence-corrected chi connectivity index (χ2v) is 5.80. The van der Waals surface area contributed by atoms with E-state index in [2.05, 4.69) is 9.97 Å². The van der Waals surface area contributed by atoms with Gasteiger partial charge >= 0.3 is 6.18 Å². The number of hydrogen-bond donors (Lipinski definition) is 1. The Balaban J connectivity index is 2.08. The number of aryl methyl sites for hydroxylation is 1. The Morgan fingerprint density at radius 2 is 1.87 bits per heavy atom. The minimum atomic E-state index is -4.64. The van der Waals surface area contributed by atoms with Crippen molar-refractivity contribution in [3.63, 3.8) is 0 Å². The Hall–Kier alpha value is -2.09. The predicted molar refractivity (Wildman–Crippen MR) is 79.2 cm³/mol. The van der Waals surface area contributed by atoms with Gasteiger partial charge in [0.15, 0.2) is 0 Å². The normalized spacial score (nSPS) is 17.0. The maximum atomic E-state index is 13.5. The molecule has 0 atom stereocenters. The number of aromatic nitrogens is 2. The number of alkyl halides is 3. The molecule has 2 heterocycles. The fourth-order valence-electron chi connectivity index (χ4n) is 2.84. The van der Waals surface area contributed by atoms with Crippen molar-refractivity contribution < 1.29 is 18.0 Å². The summed E-state index contributed by atoms with van der Waals surface area (Å²) in [5.41, 5.74) is -1.20. The number of piperazine rings is 1. The van der Waals surface area contributed by atoms with Crippen molar-refractivity contribution in [3.8, 4) is 0 Å². The average Bonchev–Trinajstić information content (AvgIpc) is 2.85. The maximum Gasteiger partial charge on any atom is 0.419 e. The zero-order valence-corrected chi connectivity index (χ0v) is 12.9. The minimum absolute atomic E-state index is 0.199. The molecule has 1 aromatic carbocycles. The highest BCUT2D eigenvalue weighted by molar-refractivity contribution is 6.00. The quantitative estimate of drug-likeness (QED) is 0.875. The monoisotopic (exact) mass is 326 g/mol. The fraction of sp³-hybridized carbons (Fsp3) is 0.467. The first-order chi connectivity index (χ1) is 10.8. The first-order valence-electron chi connectivity index (χ1n) is 7.31. The number of carbonyl (C=O) groups excluding carboxylic acids is 1. The Labute approximate surface area is 131 Å². The highest BCUT2D eigenvalue weighted by Gasteiger charge is 2.39. The molecule has 1 fully saturated rings. The lowest BCUT2D eigenvalue weighted by molar-refractivity contribution is -0.136. The van der Waals surface area contributed by atoms with Crippen molar-refractivity contribution in [1.29, 1.82) is 0 Å². The number of fused-ring (bicyclic) bond motifs is 1. The van der Waals surface area contributed by atoms with Gasteiger partial charge in [-0.25, -0.2) is 4.98 Å². The Morgan fingerprint density at radius 3 is 2.48 bits per heavy atom. The number of hydrogen-bond acceptors (Lipinski definition) is 3. The first-order valence-corrected chi connectivity index (χ1v) is 7.31. The molecule has 23 heavy (non-hydrogen) atoms. The second-order valence-electron chi connectivity index (χ2n) is 5.80.